The Morgan fingerprint density at radius 1 is 1.32 bits per heavy atom. The summed E-state index contributed by atoms with van der Waals surface area (Å²) in [6.45, 7) is 2.78. The fraction of sp³-hybridized carbons (Fsp3) is 0.444. The number of ether oxygens (including phenoxy) is 1. The van der Waals surface area contributed by atoms with Gasteiger partial charge in [-0.15, -0.1) is 12.4 Å². The highest BCUT2D eigenvalue weighted by Crippen LogP contribution is 2.61. The zero-order chi connectivity index (χ0) is 16.4. The number of amides is 1. The van der Waals surface area contributed by atoms with Crippen LogP contribution < -0.4 is 10.6 Å². The van der Waals surface area contributed by atoms with E-state index in [-0.39, 0.29) is 24.4 Å². The summed E-state index contributed by atoms with van der Waals surface area (Å²) in [4.78, 5) is 12.1. The van der Waals surface area contributed by atoms with Crippen molar-refractivity contribution >= 4 is 18.5 Å². The van der Waals surface area contributed by atoms with E-state index in [1.807, 2.05) is 36.4 Å². The van der Waals surface area contributed by atoms with Gasteiger partial charge in [0.25, 0.3) is 0 Å². The third-order valence-corrected chi connectivity index (χ3v) is 5.35. The van der Waals surface area contributed by atoms with E-state index < -0.39 is 6.09 Å². The number of benzene rings is 1. The fourth-order valence-corrected chi connectivity index (χ4v) is 4.08. The molecule has 0 radical (unpaired) electrons. The number of nitrogens with zero attached hydrogens (tertiary/aromatic N) is 1. The summed E-state index contributed by atoms with van der Waals surface area (Å²) in [5.74, 6) is 1.03. The molecule has 1 saturated heterocycles. The van der Waals surface area contributed by atoms with Crippen molar-refractivity contribution in [1.29, 1.82) is 0 Å². The molecular weight excluding hydrogens is 342 g/mol. The van der Waals surface area contributed by atoms with Crippen LogP contribution in [-0.4, -0.2) is 30.9 Å². The minimum Gasteiger partial charge on any atom is -0.445 e. The van der Waals surface area contributed by atoms with Gasteiger partial charge in [0, 0.05) is 18.0 Å². The van der Waals surface area contributed by atoms with Crippen LogP contribution >= 0.6 is 12.4 Å². The van der Waals surface area contributed by atoms with Gasteiger partial charge in [0.1, 0.15) is 12.9 Å². The van der Waals surface area contributed by atoms with E-state index in [1.54, 1.807) is 6.26 Å². The summed E-state index contributed by atoms with van der Waals surface area (Å²) in [6.07, 6.45) is 2.30. The summed E-state index contributed by atoms with van der Waals surface area (Å²) in [7, 11) is 0. The molecule has 0 spiro atoms. The van der Waals surface area contributed by atoms with Gasteiger partial charge in [0.2, 0.25) is 0 Å². The molecule has 2 heterocycles. The van der Waals surface area contributed by atoms with E-state index in [0.29, 0.717) is 18.4 Å². The molecule has 2 N–H and O–H groups in total. The molecule has 1 aromatic heterocycles. The first-order valence-electron chi connectivity index (χ1n) is 8.37. The highest BCUT2D eigenvalue weighted by molar-refractivity contribution is 5.85. The average Bonchev–Trinajstić information content (AvgIpc) is 2.98. The summed E-state index contributed by atoms with van der Waals surface area (Å²) < 4.78 is 10.4. The second-order valence-corrected chi connectivity index (χ2v) is 6.55. The Kier molecular flexibility index (Phi) is 5.30. The lowest BCUT2D eigenvalue weighted by Gasteiger charge is -2.16. The molecule has 1 aliphatic carbocycles. The molecule has 1 amide bonds. The molecule has 1 aliphatic heterocycles. The Bertz CT molecular complexity index is 681. The van der Waals surface area contributed by atoms with Crippen LogP contribution in [0.4, 0.5) is 4.79 Å². The first kappa shape index (κ1) is 17.8. The molecule has 6 nitrogen and oxygen atoms in total. The van der Waals surface area contributed by atoms with Crippen LogP contribution in [0.3, 0.4) is 0 Å². The first-order valence-corrected chi connectivity index (χ1v) is 8.37. The Morgan fingerprint density at radius 2 is 2.16 bits per heavy atom. The Morgan fingerprint density at radius 3 is 2.84 bits per heavy atom. The Hall–Kier alpha value is -2.05. The van der Waals surface area contributed by atoms with Crippen LogP contribution in [0.15, 0.2) is 47.2 Å². The van der Waals surface area contributed by atoms with Crippen molar-refractivity contribution in [2.45, 2.75) is 18.4 Å². The van der Waals surface area contributed by atoms with Crippen molar-refractivity contribution in [3.63, 3.8) is 0 Å². The summed E-state index contributed by atoms with van der Waals surface area (Å²) in [5.41, 5.74) is 1.79. The number of carbonyl (C=O) groups is 1. The maximum atomic E-state index is 12.1. The van der Waals surface area contributed by atoms with Crippen molar-refractivity contribution in [3.05, 3.63) is 53.9 Å². The molecule has 134 valence electrons. The monoisotopic (exact) mass is 363 g/mol. The lowest BCUT2D eigenvalue weighted by Crippen LogP contribution is -2.35. The van der Waals surface area contributed by atoms with Crippen LogP contribution in [0.2, 0.25) is 0 Å². The predicted molar refractivity (Wildman–Crippen MR) is 94.5 cm³/mol. The summed E-state index contributed by atoms with van der Waals surface area (Å²) >= 11 is 0. The van der Waals surface area contributed by atoms with Gasteiger partial charge in [0.15, 0.2) is 0 Å². The fourth-order valence-electron chi connectivity index (χ4n) is 4.08. The molecule has 1 saturated carbocycles. The van der Waals surface area contributed by atoms with Crippen molar-refractivity contribution in [2.75, 3.05) is 19.6 Å². The second kappa shape index (κ2) is 7.45. The van der Waals surface area contributed by atoms with Crippen molar-refractivity contribution in [2.24, 2.45) is 11.8 Å². The molecule has 2 aliphatic rings. The predicted octanol–water partition coefficient (Wildman–Crippen LogP) is 2.50. The van der Waals surface area contributed by atoms with Gasteiger partial charge in [-0.2, -0.15) is 0 Å². The SMILES string of the molecule is Cl.O=C(NCC1(c2ccon2)C2CCNCC21)OCc1ccccc1. The second-order valence-electron chi connectivity index (χ2n) is 6.55. The van der Waals surface area contributed by atoms with Crippen LogP contribution in [0, 0.1) is 11.8 Å². The summed E-state index contributed by atoms with van der Waals surface area (Å²) in [5, 5.41) is 10.5. The number of alkyl carbamates (subject to hydrolysis) is 1. The highest BCUT2D eigenvalue weighted by atomic mass is 35.5. The number of carbonyl (C=O) groups excluding carboxylic acids is 1. The smallest absolute Gasteiger partial charge is 0.407 e. The van der Waals surface area contributed by atoms with Crippen LogP contribution in [0.5, 0.6) is 0 Å². The first-order chi connectivity index (χ1) is 11.8. The normalized spacial score (nSPS) is 26.9. The van der Waals surface area contributed by atoms with Gasteiger partial charge in [0.05, 0.1) is 5.69 Å². The third kappa shape index (κ3) is 3.37. The molecule has 3 unspecified atom stereocenters. The number of piperidine rings is 1. The molecule has 2 aromatic rings. The molecule has 7 heteroatoms. The third-order valence-electron chi connectivity index (χ3n) is 5.35. The van der Waals surface area contributed by atoms with Gasteiger partial charge in [-0.1, -0.05) is 35.5 Å². The van der Waals surface area contributed by atoms with Gasteiger partial charge in [-0.3, -0.25) is 0 Å². The van der Waals surface area contributed by atoms with Crippen LogP contribution in [0.1, 0.15) is 17.7 Å². The molecule has 25 heavy (non-hydrogen) atoms. The number of nitrogens with one attached hydrogen (secondary N) is 2. The van der Waals surface area contributed by atoms with E-state index in [4.69, 9.17) is 9.26 Å². The standard InChI is InChI=1S/C18H21N3O3.ClH/c22-17(23-11-13-4-2-1-3-5-13)20-12-18(16-7-9-24-21-16)14-6-8-19-10-15(14)18;/h1-5,7,9,14-15,19H,6,8,10-12H2,(H,20,22);1H. The van der Waals surface area contributed by atoms with Crippen molar-refractivity contribution in [1.82, 2.24) is 15.8 Å². The van der Waals surface area contributed by atoms with E-state index in [1.165, 1.54) is 0 Å². The van der Waals surface area contributed by atoms with Gasteiger partial charge < -0.3 is 19.9 Å². The Balaban J connectivity index is 0.00000182. The van der Waals surface area contributed by atoms with Crippen LogP contribution in [-0.2, 0) is 16.8 Å². The van der Waals surface area contributed by atoms with Crippen LogP contribution in [0.25, 0.3) is 0 Å². The zero-order valence-corrected chi connectivity index (χ0v) is 14.6. The maximum absolute atomic E-state index is 12.1. The number of hydrogen-bond acceptors (Lipinski definition) is 5. The van der Waals surface area contributed by atoms with Gasteiger partial charge >= 0.3 is 6.09 Å². The summed E-state index contributed by atoms with van der Waals surface area (Å²) in [6, 6.07) is 11.6. The van der Waals surface area contributed by atoms with Crippen molar-refractivity contribution < 1.29 is 14.1 Å². The van der Waals surface area contributed by atoms with Crippen molar-refractivity contribution in [3.8, 4) is 0 Å². The minimum absolute atomic E-state index is 0. The molecule has 0 bridgehead atoms. The lowest BCUT2D eigenvalue weighted by atomic mass is 9.97. The Labute approximate surface area is 152 Å². The molecule has 3 atom stereocenters. The number of aromatic nitrogens is 1. The quantitative estimate of drug-likeness (QED) is 0.853. The van der Waals surface area contributed by atoms with E-state index >= 15 is 0 Å². The molecule has 2 fully saturated rings. The average molecular weight is 364 g/mol. The van der Waals surface area contributed by atoms with E-state index in [2.05, 4.69) is 15.8 Å². The number of hydrogen-bond donors (Lipinski definition) is 2. The van der Waals surface area contributed by atoms with Gasteiger partial charge in [-0.05, 0) is 36.9 Å². The number of fused-ring (bicyclic) bond motifs is 1. The van der Waals surface area contributed by atoms with Gasteiger partial charge in [-0.25, -0.2) is 4.79 Å². The molecular formula is C18H22ClN3O3. The minimum atomic E-state index is -0.390. The molecule has 4 rings (SSSR count). The molecule has 1 aromatic carbocycles. The lowest BCUT2D eigenvalue weighted by molar-refractivity contribution is 0.138. The topological polar surface area (TPSA) is 76.4 Å². The number of rotatable bonds is 5. The maximum Gasteiger partial charge on any atom is 0.407 e. The van der Waals surface area contributed by atoms with E-state index in [9.17, 15) is 4.79 Å². The zero-order valence-electron chi connectivity index (χ0n) is 13.8. The number of halogens is 1. The van der Waals surface area contributed by atoms with E-state index in [0.717, 1.165) is 30.8 Å². The highest BCUT2D eigenvalue weighted by Gasteiger charge is 2.66. The largest absolute Gasteiger partial charge is 0.445 e.